The number of nitrogens with zero attached hydrogens (tertiary/aromatic N) is 4. The van der Waals surface area contributed by atoms with Crippen LogP contribution in [0.25, 0.3) is 0 Å². The summed E-state index contributed by atoms with van der Waals surface area (Å²) in [6.07, 6.45) is 3.65. The van der Waals surface area contributed by atoms with E-state index in [1.807, 2.05) is 0 Å². The predicted octanol–water partition coefficient (Wildman–Crippen LogP) is 1.93. The summed E-state index contributed by atoms with van der Waals surface area (Å²) in [7, 11) is 0. The van der Waals surface area contributed by atoms with Crippen molar-refractivity contribution in [2.45, 2.75) is 32.6 Å². The Hall–Kier alpha value is -2.22. The zero-order valence-electron chi connectivity index (χ0n) is 13.4. The molecule has 3 rings (SSSR count). The number of carbonyl (C=O) groups excluding carboxylic acids is 2. The molecular weight excluding hydrogens is 332 g/mol. The average molecular weight is 351 g/mol. The molecule has 1 unspecified atom stereocenters. The maximum Gasteiger partial charge on any atom is 0.320 e. The Labute approximate surface area is 144 Å². The highest BCUT2D eigenvalue weighted by molar-refractivity contribution is 6.18. The molecule has 1 aliphatic heterocycles. The van der Waals surface area contributed by atoms with E-state index in [9.17, 15) is 9.59 Å². The molecule has 2 heterocycles. The standard InChI is InChI=1S/C15H19ClN6O2/c1-9-8-12(19-15(24)17-7-6-16)22(21-9)14-18-11-5-3-2-4-10(11)13(23)20-14/h8,10H,2-7H2,1H3,(H2,17,19,24). The van der Waals surface area contributed by atoms with Gasteiger partial charge in [-0.25, -0.2) is 9.79 Å². The van der Waals surface area contributed by atoms with E-state index in [-0.39, 0.29) is 17.8 Å². The van der Waals surface area contributed by atoms with Crippen molar-refractivity contribution in [2.75, 3.05) is 17.7 Å². The van der Waals surface area contributed by atoms with Crippen molar-refractivity contribution >= 4 is 41.0 Å². The van der Waals surface area contributed by atoms with Crippen molar-refractivity contribution in [1.29, 1.82) is 0 Å². The first-order chi connectivity index (χ1) is 11.6. The number of alkyl halides is 1. The first-order valence-electron chi connectivity index (χ1n) is 7.96. The van der Waals surface area contributed by atoms with Crippen LogP contribution in [-0.2, 0) is 4.79 Å². The summed E-state index contributed by atoms with van der Waals surface area (Å²) in [6, 6.07) is 1.29. The Morgan fingerprint density at radius 3 is 3.04 bits per heavy atom. The number of amides is 3. The summed E-state index contributed by atoms with van der Waals surface area (Å²) < 4.78 is 1.39. The average Bonchev–Trinajstić information content (AvgIpc) is 2.93. The molecule has 0 bridgehead atoms. The second-order valence-corrected chi connectivity index (χ2v) is 6.18. The minimum absolute atomic E-state index is 0.180. The van der Waals surface area contributed by atoms with E-state index in [0.717, 1.165) is 31.4 Å². The van der Waals surface area contributed by atoms with Crippen molar-refractivity contribution in [3.8, 4) is 0 Å². The third-order valence-electron chi connectivity index (χ3n) is 3.97. The molecule has 1 fully saturated rings. The molecular formula is C15H19ClN6O2. The number of hydrogen-bond acceptors (Lipinski definition) is 4. The number of aromatic nitrogens is 2. The number of nitrogens with one attached hydrogen (secondary N) is 2. The zero-order valence-corrected chi connectivity index (χ0v) is 14.1. The lowest BCUT2D eigenvalue weighted by atomic mass is 9.86. The van der Waals surface area contributed by atoms with Gasteiger partial charge in [0.15, 0.2) is 0 Å². The van der Waals surface area contributed by atoms with Crippen LogP contribution in [0.15, 0.2) is 16.1 Å². The van der Waals surface area contributed by atoms with Crippen LogP contribution in [0.1, 0.15) is 31.4 Å². The van der Waals surface area contributed by atoms with E-state index in [1.54, 1.807) is 13.0 Å². The van der Waals surface area contributed by atoms with Crippen LogP contribution in [0.2, 0.25) is 0 Å². The highest BCUT2D eigenvalue weighted by Crippen LogP contribution is 2.26. The molecule has 24 heavy (non-hydrogen) atoms. The number of rotatable bonds is 3. The number of anilines is 1. The Balaban J connectivity index is 1.85. The van der Waals surface area contributed by atoms with E-state index in [0.29, 0.717) is 23.9 Å². The van der Waals surface area contributed by atoms with Crippen molar-refractivity contribution in [3.05, 3.63) is 11.8 Å². The van der Waals surface area contributed by atoms with Gasteiger partial charge in [0.1, 0.15) is 5.82 Å². The molecule has 0 aromatic carbocycles. The van der Waals surface area contributed by atoms with Crippen LogP contribution in [0, 0.1) is 12.8 Å². The number of halogens is 1. The van der Waals surface area contributed by atoms with E-state index in [2.05, 4.69) is 25.7 Å². The highest BCUT2D eigenvalue weighted by atomic mass is 35.5. The zero-order chi connectivity index (χ0) is 17.1. The first-order valence-corrected chi connectivity index (χ1v) is 8.50. The smallest absolute Gasteiger partial charge is 0.320 e. The highest BCUT2D eigenvalue weighted by Gasteiger charge is 2.32. The molecule has 9 heteroatoms. The molecule has 8 nitrogen and oxygen atoms in total. The third-order valence-corrected chi connectivity index (χ3v) is 4.16. The van der Waals surface area contributed by atoms with Gasteiger partial charge in [0.25, 0.3) is 11.9 Å². The number of hydrogen-bond donors (Lipinski definition) is 2. The molecule has 0 saturated heterocycles. The monoisotopic (exact) mass is 350 g/mol. The van der Waals surface area contributed by atoms with E-state index in [1.165, 1.54) is 4.68 Å². The predicted molar refractivity (Wildman–Crippen MR) is 91.9 cm³/mol. The summed E-state index contributed by atoms with van der Waals surface area (Å²) in [5, 5.41) is 9.59. The molecule has 3 amide bonds. The largest absolute Gasteiger partial charge is 0.337 e. The van der Waals surface area contributed by atoms with Gasteiger partial charge in [0, 0.05) is 24.2 Å². The first kappa shape index (κ1) is 16.6. The summed E-state index contributed by atoms with van der Waals surface area (Å²) in [5.41, 5.74) is 1.55. The fourth-order valence-electron chi connectivity index (χ4n) is 2.88. The van der Waals surface area contributed by atoms with E-state index >= 15 is 0 Å². The summed E-state index contributed by atoms with van der Waals surface area (Å²) in [4.78, 5) is 32.7. The molecule has 0 spiro atoms. The van der Waals surface area contributed by atoms with Crippen LogP contribution < -0.4 is 10.6 Å². The van der Waals surface area contributed by atoms with Gasteiger partial charge in [0.05, 0.1) is 11.6 Å². The number of urea groups is 1. The number of aryl methyl sites for hydroxylation is 1. The van der Waals surface area contributed by atoms with Crippen LogP contribution in [0.3, 0.4) is 0 Å². The van der Waals surface area contributed by atoms with E-state index in [4.69, 9.17) is 11.6 Å². The van der Waals surface area contributed by atoms with E-state index < -0.39 is 6.03 Å². The van der Waals surface area contributed by atoms with Crippen LogP contribution in [-0.4, -0.2) is 45.8 Å². The number of carbonyl (C=O) groups is 2. The lowest BCUT2D eigenvalue weighted by Gasteiger charge is -2.24. The maximum atomic E-state index is 12.3. The second kappa shape index (κ2) is 7.12. The third kappa shape index (κ3) is 3.48. The summed E-state index contributed by atoms with van der Waals surface area (Å²) in [6.45, 7) is 2.14. The van der Waals surface area contributed by atoms with Gasteiger partial charge in [-0.15, -0.1) is 11.6 Å². The van der Waals surface area contributed by atoms with Crippen LogP contribution in [0.5, 0.6) is 0 Å². The fraction of sp³-hybridized carbons (Fsp3) is 0.533. The Kier molecular flexibility index (Phi) is 4.94. The molecule has 1 aliphatic carbocycles. The van der Waals surface area contributed by atoms with Gasteiger partial charge >= 0.3 is 6.03 Å². The topological polar surface area (TPSA) is 101 Å². The Morgan fingerprint density at radius 1 is 1.42 bits per heavy atom. The van der Waals surface area contributed by atoms with Crippen LogP contribution in [0.4, 0.5) is 10.6 Å². The molecule has 0 radical (unpaired) electrons. The van der Waals surface area contributed by atoms with Gasteiger partial charge in [-0.1, -0.05) is 6.42 Å². The molecule has 2 aliphatic rings. The normalized spacial score (nSPS) is 20.1. The molecule has 128 valence electrons. The molecule has 1 aromatic rings. The quantitative estimate of drug-likeness (QED) is 0.814. The van der Waals surface area contributed by atoms with Crippen molar-refractivity contribution in [3.63, 3.8) is 0 Å². The number of aliphatic imine (C=N–C) groups is 2. The van der Waals surface area contributed by atoms with Crippen molar-refractivity contribution in [1.82, 2.24) is 15.1 Å². The van der Waals surface area contributed by atoms with Gasteiger partial charge in [-0.05, 0) is 26.2 Å². The van der Waals surface area contributed by atoms with Gasteiger partial charge in [-0.2, -0.15) is 14.8 Å². The minimum atomic E-state index is -0.400. The molecule has 1 aromatic heterocycles. The molecule has 2 N–H and O–H groups in total. The number of fused-ring (bicyclic) bond motifs is 1. The lowest BCUT2D eigenvalue weighted by Crippen LogP contribution is -2.35. The van der Waals surface area contributed by atoms with Crippen LogP contribution >= 0.6 is 11.6 Å². The van der Waals surface area contributed by atoms with Crippen molar-refractivity contribution in [2.24, 2.45) is 15.9 Å². The minimum Gasteiger partial charge on any atom is -0.337 e. The second-order valence-electron chi connectivity index (χ2n) is 5.80. The SMILES string of the molecule is Cc1cc(NC(=O)NCCCl)n(C2=NC(=O)C3CCCCC3=N2)n1. The lowest BCUT2D eigenvalue weighted by molar-refractivity contribution is -0.120. The van der Waals surface area contributed by atoms with Crippen molar-refractivity contribution < 1.29 is 9.59 Å². The summed E-state index contributed by atoms with van der Waals surface area (Å²) >= 11 is 5.55. The van der Waals surface area contributed by atoms with Gasteiger partial charge < -0.3 is 5.32 Å². The summed E-state index contributed by atoms with van der Waals surface area (Å²) in [5.74, 6) is 0.559. The maximum absolute atomic E-state index is 12.3. The Bertz CT molecular complexity index is 724. The fourth-order valence-corrected chi connectivity index (χ4v) is 2.98. The molecule has 1 saturated carbocycles. The van der Waals surface area contributed by atoms with Gasteiger partial charge in [-0.3, -0.25) is 10.1 Å². The molecule has 1 atom stereocenters. The Morgan fingerprint density at radius 2 is 2.25 bits per heavy atom. The van der Waals surface area contributed by atoms with Gasteiger partial charge in [0.2, 0.25) is 0 Å².